The Morgan fingerprint density at radius 1 is 1.35 bits per heavy atom. The van der Waals surface area contributed by atoms with Gasteiger partial charge in [-0.1, -0.05) is 26.0 Å². The summed E-state index contributed by atoms with van der Waals surface area (Å²) >= 11 is 0. The zero-order valence-corrected chi connectivity index (χ0v) is 11.7. The Balaban J connectivity index is 2.04. The van der Waals surface area contributed by atoms with E-state index in [9.17, 15) is 14.0 Å². The summed E-state index contributed by atoms with van der Waals surface area (Å²) in [5, 5.41) is 11.8. The third-order valence-corrected chi connectivity index (χ3v) is 4.08. The van der Waals surface area contributed by atoms with Crippen LogP contribution >= 0.6 is 0 Å². The van der Waals surface area contributed by atoms with E-state index in [4.69, 9.17) is 5.11 Å². The second-order valence-corrected chi connectivity index (χ2v) is 5.90. The summed E-state index contributed by atoms with van der Waals surface area (Å²) in [5.74, 6) is -2.79. The van der Waals surface area contributed by atoms with E-state index >= 15 is 0 Å². The van der Waals surface area contributed by atoms with Gasteiger partial charge in [0.25, 0.3) is 0 Å². The molecule has 1 aliphatic carbocycles. The number of rotatable bonds is 4. The van der Waals surface area contributed by atoms with Crippen molar-refractivity contribution in [2.45, 2.75) is 26.8 Å². The maximum Gasteiger partial charge on any atom is 0.307 e. The quantitative estimate of drug-likeness (QED) is 0.889. The minimum Gasteiger partial charge on any atom is -0.481 e. The van der Waals surface area contributed by atoms with E-state index in [2.05, 4.69) is 5.32 Å². The molecule has 0 radical (unpaired) electrons. The van der Waals surface area contributed by atoms with Crippen molar-refractivity contribution in [2.75, 3.05) is 0 Å². The second kappa shape index (κ2) is 4.89. The Morgan fingerprint density at radius 3 is 2.50 bits per heavy atom. The number of carboxylic acids is 1. The number of amides is 1. The molecule has 1 aromatic carbocycles. The van der Waals surface area contributed by atoms with Crippen LogP contribution in [0.4, 0.5) is 4.39 Å². The standard InChI is InChI=1S/C15H18FNO3/c1-8(9-5-4-6-10(16)7-9)17-13(18)11-12(14(19)20)15(11,2)3/h4-8,11-12H,1-3H3,(H,17,18)(H,19,20)/t8?,11-,12+/m1/s1. The molecule has 2 rings (SSSR count). The van der Waals surface area contributed by atoms with E-state index in [-0.39, 0.29) is 17.8 Å². The number of benzene rings is 1. The van der Waals surface area contributed by atoms with Gasteiger partial charge in [0, 0.05) is 0 Å². The van der Waals surface area contributed by atoms with Gasteiger partial charge in [-0.25, -0.2) is 4.39 Å². The maximum atomic E-state index is 13.1. The number of hydrogen-bond donors (Lipinski definition) is 2. The van der Waals surface area contributed by atoms with Crippen molar-refractivity contribution >= 4 is 11.9 Å². The first-order valence-corrected chi connectivity index (χ1v) is 6.53. The van der Waals surface area contributed by atoms with E-state index in [0.717, 1.165) is 0 Å². The van der Waals surface area contributed by atoms with Crippen LogP contribution in [0.5, 0.6) is 0 Å². The van der Waals surface area contributed by atoms with Crippen LogP contribution in [-0.4, -0.2) is 17.0 Å². The largest absolute Gasteiger partial charge is 0.481 e. The molecule has 3 atom stereocenters. The first-order valence-electron chi connectivity index (χ1n) is 6.53. The predicted molar refractivity (Wildman–Crippen MR) is 71.4 cm³/mol. The van der Waals surface area contributed by atoms with E-state index in [0.29, 0.717) is 5.56 Å². The van der Waals surface area contributed by atoms with Gasteiger partial charge >= 0.3 is 5.97 Å². The minimum atomic E-state index is -0.950. The van der Waals surface area contributed by atoms with Crippen LogP contribution in [0.2, 0.25) is 0 Å². The molecule has 0 spiro atoms. The highest BCUT2D eigenvalue weighted by Crippen LogP contribution is 2.58. The van der Waals surface area contributed by atoms with E-state index < -0.39 is 23.2 Å². The third kappa shape index (κ3) is 2.53. The van der Waals surface area contributed by atoms with Crippen molar-refractivity contribution in [2.24, 2.45) is 17.3 Å². The third-order valence-electron chi connectivity index (χ3n) is 4.08. The maximum absolute atomic E-state index is 13.1. The van der Waals surface area contributed by atoms with Crippen molar-refractivity contribution in [3.8, 4) is 0 Å². The summed E-state index contributed by atoms with van der Waals surface area (Å²) in [6.07, 6.45) is 0. The van der Waals surface area contributed by atoms with Gasteiger partial charge in [0.15, 0.2) is 0 Å². The van der Waals surface area contributed by atoms with Gasteiger partial charge in [-0.2, -0.15) is 0 Å². The molecule has 1 saturated carbocycles. The normalized spacial score (nSPS) is 24.8. The molecule has 0 aliphatic heterocycles. The molecule has 1 amide bonds. The van der Waals surface area contributed by atoms with Gasteiger partial charge in [0.05, 0.1) is 17.9 Å². The lowest BCUT2D eigenvalue weighted by atomic mass is 10.1. The summed E-state index contributed by atoms with van der Waals surface area (Å²) in [6, 6.07) is 5.64. The van der Waals surface area contributed by atoms with Crippen molar-refractivity contribution in [3.63, 3.8) is 0 Å². The van der Waals surface area contributed by atoms with Gasteiger partial charge in [-0.3, -0.25) is 9.59 Å². The van der Waals surface area contributed by atoms with Crippen LogP contribution in [0.1, 0.15) is 32.4 Å². The molecule has 1 fully saturated rings. The van der Waals surface area contributed by atoms with E-state index in [1.807, 2.05) is 0 Å². The van der Waals surface area contributed by atoms with E-state index in [1.54, 1.807) is 32.9 Å². The molecule has 0 bridgehead atoms. The zero-order chi connectivity index (χ0) is 15.1. The fourth-order valence-corrected chi connectivity index (χ4v) is 2.75. The van der Waals surface area contributed by atoms with Crippen LogP contribution in [0.3, 0.4) is 0 Å². The van der Waals surface area contributed by atoms with Crippen LogP contribution in [0.15, 0.2) is 24.3 Å². The zero-order valence-electron chi connectivity index (χ0n) is 11.7. The molecular weight excluding hydrogens is 261 g/mol. The van der Waals surface area contributed by atoms with Crippen molar-refractivity contribution in [1.29, 1.82) is 0 Å². The predicted octanol–water partition coefficient (Wildman–Crippen LogP) is 2.36. The second-order valence-electron chi connectivity index (χ2n) is 5.90. The summed E-state index contributed by atoms with van der Waals surface area (Å²) < 4.78 is 13.1. The lowest BCUT2D eigenvalue weighted by Gasteiger charge is -2.15. The van der Waals surface area contributed by atoms with Crippen LogP contribution in [0, 0.1) is 23.1 Å². The molecule has 0 aromatic heterocycles. The Bertz CT molecular complexity index is 556. The SMILES string of the molecule is CC(NC(=O)[C@H]1[C@@H](C(=O)O)C1(C)C)c1cccc(F)c1. The minimum absolute atomic E-state index is 0.292. The number of carboxylic acid groups (broad SMARTS) is 1. The first-order chi connectivity index (χ1) is 9.25. The van der Waals surface area contributed by atoms with Gasteiger partial charge in [0.1, 0.15) is 5.82 Å². The Kier molecular flexibility index (Phi) is 3.54. The number of carbonyl (C=O) groups is 2. The summed E-state index contributed by atoms with van der Waals surface area (Å²) in [6.45, 7) is 5.28. The highest BCUT2D eigenvalue weighted by atomic mass is 19.1. The average Bonchev–Trinajstić information content (AvgIpc) is 2.92. The summed E-state index contributed by atoms with van der Waals surface area (Å²) in [5.41, 5.74) is 0.126. The number of halogens is 1. The first kappa shape index (κ1) is 14.5. The highest BCUT2D eigenvalue weighted by molar-refractivity contribution is 5.91. The number of aliphatic carboxylic acids is 1. The Labute approximate surface area is 117 Å². The molecule has 0 saturated heterocycles. The van der Waals surface area contributed by atoms with Crippen molar-refractivity contribution in [1.82, 2.24) is 5.32 Å². The van der Waals surface area contributed by atoms with Crippen LogP contribution < -0.4 is 5.32 Å². The number of nitrogens with one attached hydrogen (secondary N) is 1. The summed E-state index contributed by atoms with van der Waals surface area (Å²) in [4.78, 5) is 23.2. The monoisotopic (exact) mass is 279 g/mol. The average molecular weight is 279 g/mol. The molecule has 2 N–H and O–H groups in total. The molecule has 108 valence electrons. The fraction of sp³-hybridized carbons (Fsp3) is 0.467. The van der Waals surface area contributed by atoms with Gasteiger partial charge < -0.3 is 10.4 Å². The van der Waals surface area contributed by atoms with Crippen molar-refractivity contribution in [3.05, 3.63) is 35.6 Å². The lowest BCUT2D eigenvalue weighted by Crippen LogP contribution is -2.30. The van der Waals surface area contributed by atoms with Gasteiger partial charge in [0.2, 0.25) is 5.91 Å². The lowest BCUT2D eigenvalue weighted by molar-refractivity contribution is -0.140. The molecule has 1 aliphatic rings. The smallest absolute Gasteiger partial charge is 0.307 e. The molecule has 1 aromatic rings. The Morgan fingerprint density at radius 2 is 2.00 bits per heavy atom. The number of hydrogen-bond acceptors (Lipinski definition) is 2. The molecule has 0 heterocycles. The van der Waals surface area contributed by atoms with Crippen molar-refractivity contribution < 1.29 is 19.1 Å². The molecule has 5 heteroatoms. The molecule has 1 unspecified atom stereocenters. The van der Waals surface area contributed by atoms with Gasteiger partial charge in [-0.05, 0) is 30.0 Å². The van der Waals surface area contributed by atoms with Gasteiger partial charge in [-0.15, -0.1) is 0 Å². The Hall–Kier alpha value is -1.91. The summed E-state index contributed by atoms with van der Waals surface area (Å²) in [7, 11) is 0. The molecule has 20 heavy (non-hydrogen) atoms. The van der Waals surface area contributed by atoms with Crippen LogP contribution in [-0.2, 0) is 9.59 Å². The highest BCUT2D eigenvalue weighted by Gasteiger charge is 2.65. The van der Waals surface area contributed by atoms with Crippen LogP contribution in [0.25, 0.3) is 0 Å². The molecule has 4 nitrogen and oxygen atoms in total. The topological polar surface area (TPSA) is 66.4 Å². The molecular formula is C15H18FNO3. The fourth-order valence-electron chi connectivity index (χ4n) is 2.75. The van der Waals surface area contributed by atoms with E-state index in [1.165, 1.54) is 12.1 Å². The number of carbonyl (C=O) groups excluding carboxylic acids is 1.